The van der Waals surface area contributed by atoms with E-state index in [1.54, 1.807) is 12.1 Å². The molecule has 0 bridgehead atoms. The average Bonchev–Trinajstić information content (AvgIpc) is 3.35. The Morgan fingerprint density at radius 1 is 1.03 bits per heavy atom. The van der Waals surface area contributed by atoms with Gasteiger partial charge in [0.2, 0.25) is 0 Å². The Kier molecular flexibility index (Phi) is 6.09. The van der Waals surface area contributed by atoms with E-state index in [2.05, 4.69) is 51.8 Å². The molecule has 2 N–H and O–H groups in total. The van der Waals surface area contributed by atoms with Crippen LogP contribution in [0.3, 0.4) is 0 Å². The summed E-state index contributed by atoms with van der Waals surface area (Å²) in [7, 11) is 0. The van der Waals surface area contributed by atoms with Gasteiger partial charge >= 0.3 is 5.97 Å². The van der Waals surface area contributed by atoms with Crippen molar-refractivity contribution >= 4 is 23.3 Å². The number of thiocarbonyl (C=S) groups is 1. The maximum atomic E-state index is 11.3. The number of hydrogen-bond donors (Lipinski definition) is 2. The first-order valence-electron chi connectivity index (χ1n) is 11.5. The molecule has 176 valence electrons. The van der Waals surface area contributed by atoms with Crippen LogP contribution in [0.2, 0.25) is 0 Å². The van der Waals surface area contributed by atoms with Gasteiger partial charge in [0.25, 0.3) is 0 Å². The third-order valence-electron chi connectivity index (χ3n) is 6.55. The monoisotopic (exact) mass is 482 g/mol. The molecule has 0 amide bonds. The van der Waals surface area contributed by atoms with E-state index < -0.39 is 5.97 Å². The molecule has 6 nitrogen and oxygen atoms in total. The molecular formula is C28H26N4O2S. The number of benzene rings is 2. The van der Waals surface area contributed by atoms with Crippen molar-refractivity contribution < 1.29 is 9.90 Å². The Hall–Kier alpha value is -3.97. The summed E-state index contributed by atoms with van der Waals surface area (Å²) in [4.78, 5) is 18.2. The number of carboxylic acids is 1. The molecular weight excluding hydrogens is 456 g/mol. The van der Waals surface area contributed by atoms with Crippen molar-refractivity contribution in [2.45, 2.75) is 32.5 Å². The lowest BCUT2D eigenvalue weighted by molar-refractivity contribution is 0.0697. The summed E-state index contributed by atoms with van der Waals surface area (Å²) in [5.41, 5.74) is 6.62. The first kappa shape index (κ1) is 22.8. The molecule has 7 heteroatoms. The second-order valence-electron chi connectivity index (χ2n) is 8.75. The van der Waals surface area contributed by atoms with Crippen molar-refractivity contribution in [2.75, 3.05) is 0 Å². The van der Waals surface area contributed by atoms with Crippen LogP contribution in [-0.4, -0.2) is 30.6 Å². The highest BCUT2D eigenvalue weighted by Crippen LogP contribution is 2.42. The zero-order valence-corrected chi connectivity index (χ0v) is 20.4. The van der Waals surface area contributed by atoms with E-state index in [0.717, 1.165) is 28.3 Å². The smallest absolute Gasteiger partial charge is 0.335 e. The Balaban J connectivity index is 1.60. The predicted octanol–water partition coefficient (Wildman–Crippen LogP) is 5.36. The molecule has 0 radical (unpaired) electrons. The van der Waals surface area contributed by atoms with Crippen LogP contribution in [0.4, 0.5) is 0 Å². The van der Waals surface area contributed by atoms with Gasteiger partial charge in [0.15, 0.2) is 5.11 Å². The van der Waals surface area contributed by atoms with Crippen molar-refractivity contribution in [3.63, 3.8) is 0 Å². The van der Waals surface area contributed by atoms with Crippen molar-refractivity contribution in [1.82, 2.24) is 19.8 Å². The number of aryl methyl sites for hydroxylation is 1. The summed E-state index contributed by atoms with van der Waals surface area (Å²) in [6.07, 6.45) is 1.81. The van der Waals surface area contributed by atoms with Gasteiger partial charge in [0.1, 0.15) is 0 Å². The van der Waals surface area contributed by atoms with Crippen LogP contribution in [0, 0.1) is 13.8 Å². The highest BCUT2D eigenvalue weighted by atomic mass is 32.1. The second-order valence-corrected chi connectivity index (χ2v) is 9.14. The first-order chi connectivity index (χ1) is 16.9. The van der Waals surface area contributed by atoms with E-state index in [1.165, 1.54) is 5.56 Å². The summed E-state index contributed by atoms with van der Waals surface area (Å²) in [5, 5.41) is 13.5. The fourth-order valence-corrected chi connectivity index (χ4v) is 5.24. The third kappa shape index (κ3) is 4.31. The topological polar surface area (TPSA) is 70.4 Å². The predicted molar refractivity (Wildman–Crippen MR) is 140 cm³/mol. The van der Waals surface area contributed by atoms with Crippen molar-refractivity contribution in [3.05, 3.63) is 119 Å². The Labute approximate surface area is 209 Å². The molecule has 1 aliphatic heterocycles. The highest BCUT2D eigenvalue weighted by Gasteiger charge is 2.41. The first-order valence-corrected chi connectivity index (χ1v) is 11.9. The van der Waals surface area contributed by atoms with Gasteiger partial charge < -0.3 is 19.9 Å². The molecule has 1 fully saturated rings. The minimum atomic E-state index is -0.932. The number of carbonyl (C=O) groups is 1. The molecule has 35 heavy (non-hydrogen) atoms. The van der Waals surface area contributed by atoms with E-state index in [-0.39, 0.29) is 17.6 Å². The van der Waals surface area contributed by atoms with Gasteiger partial charge in [-0.1, -0.05) is 36.4 Å². The van der Waals surface area contributed by atoms with E-state index in [0.29, 0.717) is 11.7 Å². The van der Waals surface area contributed by atoms with Crippen LogP contribution >= 0.6 is 12.2 Å². The lowest BCUT2D eigenvalue weighted by Gasteiger charge is -2.28. The Bertz CT molecular complexity index is 1370. The number of nitrogens with zero attached hydrogens (tertiary/aromatic N) is 3. The SMILES string of the molecule is Cc1cc([C@H]2[C@@H](c3ccccn3)NC(=S)N2Cc2ccccc2)c(C)n1-c1ccc(C(=O)O)cc1. The van der Waals surface area contributed by atoms with Gasteiger partial charge in [0.05, 0.1) is 23.3 Å². The van der Waals surface area contributed by atoms with E-state index in [4.69, 9.17) is 12.2 Å². The van der Waals surface area contributed by atoms with Gasteiger partial charge in [-0.25, -0.2) is 4.79 Å². The van der Waals surface area contributed by atoms with Crippen molar-refractivity contribution in [1.29, 1.82) is 0 Å². The van der Waals surface area contributed by atoms with Crippen LogP contribution in [-0.2, 0) is 6.54 Å². The highest BCUT2D eigenvalue weighted by molar-refractivity contribution is 7.80. The van der Waals surface area contributed by atoms with Crippen LogP contribution in [0.25, 0.3) is 5.69 Å². The lowest BCUT2D eigenvalue weighted by atomic mass is 9.96. The largest absolute Gasteiger partial charge is 0.478 e. The van der Waals surface area contributed by atoms with Gasteiger partial charge in [-0.15, -0.1) is 0 Å². The average molecular weight is 483 g/mol. The molecule has 2 aromatic heterocycles. The number of carboxylic acid groups (broad SMARTS) is 1. The Morgan fingerprint density at radius 2 is 1.74 bits per heavy atom. The summed E-state index contributed by atoms with van der Waals surface area (Å²) in [5.74, 6) is -0.932. The maximum Gasteiger partial charge on any atom is 0.335 e. The second kappa shape index (κ2) is 9.35. The third-order valence-corrected chi connectivity index (χ3v) is 6.91. The van der Waals surface area contributed by atoms with E-state index in [9.17, 15) is 9.90 Å². The van der Waals surface area contributed by atoms with Gasteiger partial charge in [-0.3, -0.25) is 4.98 Å². The number of pyridine rings is 1. The summed E-state index contributed by atoms with van der Waals surface area (Å²) < 4.78 is 2.17. The quantitative estimate of drug-likeness (QED) is 0.361. The molecule has 0 spiro atoms. The van der Waals surface area contributed by atoms with E-state index >= 15 is 0 Å². The van der Waals surface area contributed by atoms with Gasteiger partial charge in [-0.2, -0.15) is 0 Å². The standard InChI is InChI=1S/C28H26N4O2S/c1-18-16-23(19(2)32(18)22-13-11-21(12-14-22)27(33)34)26-25(24-10-6-7-15-29-24)30-28(35)31(26)17-20-8-4-3-5-9-20/h3-16,25-26H,17H2,1-2H3,(H,30,35)(H,33,34)/t25-,26+/m1/s1. The Morgan fingerprint density at radius 3 is 2.40 bits per heavy atom. The molecule has 5 rings (SSSR count). The molecule has 2 aromatic carbocycles. The minimum Gasteiger partial charge on any atom is -0.478 e. The molecule has 1 aliphatic rings. The molecule has 0 unspecified atom stereocenters. The lowest BCUT2D eigenvalue weighted by Crippen LogP contribution is -2.29. The number of rotatable bonds is 6. The normalized spacial score (nSPS) is 17.4. The van der Waals surface area contributed by atoms with Crippen LogP contribution in [0.5, 0.6) is 0 Å². The fourth-order valence-electron chi connectivity index (χ4n) is 4.93. The molecule has 0 saturated carbocycles. The zero-order chi connectivity index (χ0) is 24.5. The fraction of sp³-hybridized carbons (Fsp3) is 0.179. The van der Waals surface area contributed by atoms with Crippen LogP contribution in [0.1, 0.15) is 50.7 Å². The minimum absolute atomic E-state index is 0.0594. The number of aromatic nitrogens is 2. The van der Waals surface area contributed by atoms with Crippen LogP contribution in [0.15, 0.2) is 85.1 Å². The number of hydrogen-bond acceptors (Lipinski definition) is 3. The zero-order valence-electron chi connectivity index (χ0n) is 19.6. The van der Waals surface area contributed by atoms with Crippen molar-refractivity contribution in [3.8, 4) is 5.69 Å². The molecule has 3 heterocycles. The summed E-state index contributed by atoms with van der Waals surface area (Å²) in [6.45, 7) is 4.85. The maximum absolute atomic E-state index is 11.3. The van der Waals surface area contributed by atoms with Crippen molar-refractivity contribution in [2.24, 2.45) is 0 Å². The molecule has 4 aromatic rings. The van der Waals surface area contributed by atoms with Gasteiger partial charge in [-0.05, 0) is 79.7 Å². The van der Waals surface area contributed by atoms with E-state index in [1.807, 2.05) is 54.7 Å². The van der Waals surface area contributed by atoms with Crippen LogP contribution < -0.4 is 5.32 Å². The molecule has 1 saturated heterocycles. The number of aromatic carboxylic acids is 1. The number of nitrogens with one attached hydrogen (secondary N) is 1. The summed E-state index contributed by atoms with van der Waals surface area (Å²) >= 11 is 5.83. The summed E-state index contributed by atoms with van der Waals surface area (Å²) in [6, 6.07) is 25.3. The molecule has 0 aliphatic carbocycles. The van der Waals surface area contributed by atoms with Gasteiger partial charge in [0, 0.05) is 29.8 Å². The molecule has 2 atom stereocenters.